The lowest BCUT2D eigenvalue weighted by Gasteiger charge is -2.07. The van der Waals surface area contributed by atoms with E-state index < -0.39 is 6.03 Å². The SMILES string of the molecule is Cc1nc(-c2nnc(NC(=O)Nc3ccc(C)c(C)c3)o2)c(C)s1. The third kappa shape index (κ3) is 3.43. The van der Waals surface area contributed by atoms with Crippen molar-refractivity contribution in [1.82, 2.24) is 15.2 Å². The van der Waals surface area contributed by atoms with E-state index in [1.165, 1.54) is 0 Å². The Morgan fingerprint density at radius 2 is 1.88 bits per heavy atom. The maximum absolute atomic E-state index is 12.0. The van der Waals surface area contributed by atoms with E-state index in [1.807, 2.05) is 45.9 Å². The van der Waals surface area contributed by atoms with Crippen LogP contribution < -0.4 is 10.6 Å². The Labute approximate surface area is 143 Å². The lowest BCUT2D eigenvalue weighted by atomic mass is 10.1. The van der Waals surface area contributed by atoms with Gasteiger partial charge in [0.05, 0.1) is 5.01 Å². The molecule has 0 fully saturated rings. The topological polar surface area (TPSA) is 92.9 Å². The fraction of sp³-hybridized carbons (Fsp3) is 0.250. The zero-order chi connectivity index (χ0) is 17.3. The summed E-state index contributed by atoms with van der Waals surface area (Å²) >= 11 is 1.55. The van der Waals surface area contributed by atoms with Gasteiger partial charge in [0, 0.05) is 10.6 Å². The number of thiazole rings is 1. The summed E-state index contributed by atoms with van der Waals surface area (Å²) in [6.45, 7) is 7.85. The molecule has 2 N–H and O–H groups in total. The lowest BCUT2D eigenvalue weighted by Crippen LogP contribution is -2.19. The molecule has 0 atom stereocenters. The van der Waals surface area contributed by atoms with Crippen LogP contribution in [0.25, 0.3) is 11.6 Å². The Kier molecular flexibility index (Phi) is 4.30. The predicted octanol–water partition coefficient (Wildman–Crippen LogP) is 4.07. The van der Waals surface area contributed by atoms with Crippen molar-refractivity contribution in [3.8, 4) is 11.6 Å². The van der Waals surface area contributed by atoms with Crippen LogP contribution in [0.15, 0.2) is 22.6 Å². The minimum atomic E-state index is -0.445. The zero-order valence-corrected chi connectivity index (χ0v) is 14.6. The first-order valence-electron chi connectivity index (χ1n) is 7.35. The molecule has 2 heterocycles. The van der Waals surface area contributed by atoms with Crippen molar-refractivity contribution in [2.45, 2.75) is 27.7 Å². The summed E-state index contributed by atoms with van der Waals surface area (Å²) in [5, 5.41) is 13.9. The van der Waals surface area contributed by atoms with Crippen LogP contribution >= 0.6 is 11.3 Å². The maximum atomic E-state index is 12.0. The molecule has 0 aliphatic carbocycles. The van der Waals surface area contributed by atoms with Crippen LogP contribution in [0, 0.1) is 27.7 Å². The highest BCUT2D eigenvalue weighted by Gasteiger charge is 2.16. The number of nitrogens with zero attached hydrogens (tertiary/aromatic N) is 3. The molecule has 2 aromatic heterocycles. The lowest BCUT2D eigenvalue weighted by molar-refractivity contribution is 0.261. The number of nitrogens with one attached hydrogen (secondary N) is 2. The zero-order valence-electron chi connectivity index (χ0n) is 13.8. The normalized spacial score (nSPS) is 10.7. The first-order chi connectivity index (χ1) is 11.4. The number of rotatable bonds is 3. The number of amides is 2. The van der Waals surface area contributed by atoms with Crippen LogP contribution in [0.1, 0.15) is 21.0 Å². The molecule has 0 saturated carbocycles. The molecule has 2 amide bonds. The number of aromatic nitrogens is 3. The summed E-state index contributed by atoms with van der Waals surface area (Å²) in [7, 11) is 0. The molecule has 3 rings (SSSR count). The van der Waals surface area contributed by atoms with Gasteiger partial charge in [0.1, 0.15) is 5.69 Å². The number of aryl methyl sites for hydroxylation is 4. The Balaban J connectivity index is 1.69. The highest BCUT2D eigenvalue weighted by Crippen LogP contribution is 2.27. The van der Waals surface area contributed by atoms with E-state index in [2.05, 4.69) is 25.8 Å². The molecule has 0 bridgehead atoms. The van der Waals surface area contributed by atoms with Crippen molar-refractivity contribution in [2.24, 2.45) is 0 Å². The van der Waals surface area contributed by atoms with Crippen molar-refractivity contribution >= 4 is 29.1 Å². The molecule has 0 radical (unpaired) electrons. The fourth-order valence-corrected chi connectivity index (χ4v) is 2.99. The van der Waals surface area contributed by atoms with Gasteiger partial charge in [-0.2, -0.15) is 0 Å². The van der Waals surface area contributed by atoms with Gasteiger partial charge in [0.2, 0.25) is 0 Å². The first-order valence-corrected chi connectivity index (χ1v) is 8.17. The summed E-state index contributed by atoms with van der Waals surface area (Å²) in [5.74, 6) is 0.290. The number of hydrogen-bond acceptors (Lipinski definition) is 6. The van der Waals surface area contributed by atoms with Gasteiger partial charge in [0.15, 0.2) is 0 Å². The van der Waals surface area contributed by atoms with Crippen molar-refractivity contribution in [3.63, 3.8) is 0 Å². The highest BCUT2D eigenvalue weighted by atomic mass is 32.1. The van der Waals surface area contributed by atoms with Crippen LogP contribution in [0.4, 0.5) is 16.5 Å². The van der Waals surface area contributed by atoms with E-state index in [-0.39, 0.29) is 6.01 Å². The van der Waals surface area contributed by atoms with Gasteiger partial charge in [0.25, 0.3) is 5.89 Å². The fourth-order valence-electron chi connectivity index (χ4n) is 2.18. The Bertz CT molecular complexity index is 900. The molecule has 24 heavy (non-hydrogen) atoms. The summed E-state index contributed by atoms with van der Waals surface area (Å²) in [6, 6.07) is 5.26. The summed E-state index contributed by atoms with van der Waals surface area (Å²) in [4.78, 5) is 17.4. The van der Waals surface area contributed by atoms with Crippen molar-refractivity contribution in [3.05, 3.63) is 39.2 Å². The number of urea groups is 1. The molecular formula is C16H17N5O2S. The van der Waals surface area contributed by atoms with Gasteiger partial charge in [-0.05, 0) is 51.0 Å². The first kappa shape index (κ1) is 16.1. The van der Waals surface area contributed by atoms with Gasteiger partial charge < -0.3 is 9.73 Å². The summed E-state index contributed by atoms with van der Waals surface area (Å²) in [5.41, 5.74) is 3.60. The van der Waals surface area contributed by atoms with Crippen LogP contribution in [0.5, 0.6) is 0 Å². The third-order valence-electron chi connectivity index (χ3n) is 3.52. The van der Waals surface area contributed by atoms with Gasteiger partial charge in [-0.15, -0.1) is 16.4 Å². The van der Waals surface area contributed by atoms with E-state index in [0.29, 0.717) is 17.3 Å². The second-order valence-corrected chi connectivity index (χ2v) is 6.84. The molecule has 0 unspecified atom stereocenters. The molecule has 1 aromatic carbocycles. The van der Waals surface area contributed by atoms with Crippen molar-refractivity contribution < 1.29 is 9.21 Å². The maximum Gasteiger partial charge on any atom is 0.327 e. The van der Waals surface area contributed by atoms with Crippen LogP contribution in [0.2, 0.25) is 0 Å². The summed E-state index contributed by atoms with van der Waals surface area (Å²) < 4.78 is 5.47. The van der Waals surface area contributed by atoms with Crippen molar-refractivity contribution in [1.29, 1.82) is 0 Å². The third-order valence-corrected chi connectivity index (χ3v) is 4.40. The molecule has 0 saturated heterocycles. The second kappa shape index (κ2) is 6.40. The van der Waals surface area contributed by atoms with Crippen molar-refractivity contribution in [2.75, 3.05) is 10.6 Å². The van der Waals surface area contributed by atoms with Gasteiger partial charge in [-0.25, -0.2) is 9.78 Å². The number of carbonyl (C=O) groups is 1. The number of benzene rings is 1. The molecule has 3 aromatic rings. The summed E-state index contributed by atoms with van der Waals surface area (Å²) in [6.07, 6.45) is 0. The largest absolute Gasteiger partial charge is 0.401 e. The van der Waals surface area contributed by atoms with Gasteiger partial charge in [-0.3, -0.25) is 5.32 Å². The molecule has 0 aliphatic heterocycles. The Hall–Kier alpha value is -2.74. The Morgan fingerprint density at radius 3 is 2.54 bits per heavy atom. The monoisotopic (exact) mass is 343 g/mol. The van der Waals surface area contributed by atoms with E-state index >= 15 is 0 Å². The van der Waals surface area contributed by atoms with E-state index in [0.717, 1.165) is 21.0 Å². The molecule has 0 spiro atoms. The average Bonchev–Trinajstić information content (AvgIpc) is 3.09. The highest BCUT2D eigenvalue weighted by molar-refractivity contribution is 7.11. The van der Waals surface area contributed by atoms with Crippen LogP contribution in [0.3, 0.4) is 0 Å². The average molecular weight is 343 g/mol. The minimum absolute atomic E-state index is 0.0244. The quantitative estimate of drug-likeness (QED) is 0.748. The molecule has 7 nitrogen and oxygen atoms in total. The molecule has 8 heteroatoms. The van der Waals surface area contributed by atoms with Crippen LogP contribution in [-0.4, -0.2) is 21.2 Å². The van der Waals surface area contributed by atoms with E-state index in [1.54, 1.807) is 11.3 Å². The smallest absolute Gasteiger partial charge is 0.327 e. The van der Waals surface area contributed by atoms with Crippen LogP contribution in [-0.2, 0) is 0 Å². The Morgan fingerprint density at radius 1 is 1.08 bits per heavy atom. The second-order valence-electron chi connectivity index (χ2n) is 5.43. The van der Waals surface area contributed by atoms with Gasteiger partial charge >= 0.3 is 12.0 Å². The van der Waals surface area contributed by atoms with E-state index in [4.69, 9.17) is 4.42 Å². The van der Waals surface area contributed by atoms with Gasteiger partial charge in [-0.1, -0.05) is 11.2 Å². The standard InChI is InChI=1S/C16H17N5O2S/c1-8-5-6-12(7-9(8)2)18-15(22)19-16-21-20-14(23-16)13-10(3)24-11(4)17-13/h5-7H,1-4H3,(H2,18,19,21,22). The number of carbonyl (C=O) groups excluding carboxylic acids is 1. The molecular weight excluding hydrogens is 326 g/mol. The minimum Gasteiger partial charge on any atom is -0.401 e. The molecule has 0 aliphatic rings. The molecule has 124 valence electrons. The number of anilines is 2. The van der Waals surface area contributed by atoms with E-state index in [9.17, 15) is 4.79 Å². The number of hydrogen-bond donors (Lipinski definition) is 2. The predicted molar refractivity (Wildman–Crippen MR) is 93.4 cm³/mol.